The summed E-state index contributed by atoms with van der Waals surface area (Å²) >= 11 is 0. The van der Waals surface area contributed by atoms with Crippen LogP contribution in [0.3, 0.4) is 0 Å². The highest BCUT2D eigenvalue weighted by molar-refractivity contribution is 5.96. The van der Waals surface area contributed by atoms with Gasteiger partial charge >= 0.3 is 0 Å². The Morgan fingerprint density at radius 1 is 1.67 bits per heavy atom. The molecule has 0 bridgehead atoms. The van der Waals surface area contributed by atoms with Gasteiger partial charge < -0.3 is 5.73 Å². The van der Waals surface area contributed by atoms with Crippen LogP contribution in [0.2, 0.25) is 0 Å². The number of aliphatic imine (C=N–C) groups is 1. The number of aryl methyl sites for hydroxylation is 1. The van der Waals surface area contributed by atoms with Crippen LogP contribution in [0.4, 0.5) is 0 Å². The lowest BCUT2D eigenvalue weighted by molar-refractivity contribution is 1.10. The lowest BCUT2D eigenvalue weighted by Crippen LogP contribution is -2.16. The smallest absolute Gasteiger partial charge is 0.144 e. The van der Waals surface area contributed by atoms with E-state index in [4.69, 9.17) is 5.73 Å². The van der Waals surface area contributed by atoms with E-state index in [0.29, 0.717) is 12.4 Å². The van der Waals surface area contributed by atoms with Crippen molar-refractivity contribution in [3.05, 3.63) is 29.6 Å². The average Bonchev–Trinajstić information content (AvgIpc) is 2.05. The molecule has 0 aliphatic heterocycles. The molecule has 0 radical (unpaired) electrons. The maximum absolute atomic E-state index is 5.69. The van der Waals surface area contributed by atoms with Crippen molar-refractivity contribution in [2.24, 2.45) is 10.7 Å². The molecule has 12 heavy (non-hydrogen) atoms. The topological polar surface area (TPSA) is 51.3 Å². The van der Waals surface area contributed by atoms with Crippen molar-refractivity contribution in [2.75, 3.05) is 6.54 Å². The predicted molar refractivity (Wildman–Crippen MR) is 50.2 cm³/mol. The van der Waals surface area contributed by atoms with E-state index >= 15 is 0 Å². The second-order valence-corrected chi connectivity index (χ2v) is 2.53. The van der Waals surface area contributed by atoms with Gasteiger partial charge in [0.2, 0.25) is 0 Å². The maximum atomic E-state index is 5.69. The standard InChI is InChI=1S/C9H13N3/c1-3-11-9(10)8-7(2)5-4-6-12-8/h4-6H,3H2,1-2H3,(H2,10,11). The van der Waals surface area contributed by atoms with E-state index in [2.05, 4.69) is 9.98 Å². The monoisotopic (exact) mass is 163 g/mol. The number of nitrogens with zero attached hydrogens (tertiary/aromatic N) is 2. The Labute approximate surface area is 72.3 Å². The van der Waals surface area contributed by atoms with Gasteiger partial charge in [0.05, 0.1) is 0 Å². The molecule has 1 heterocycles. The van der Waals surface area contributed by atoms with Gasteiger partial charge in [-0.1, -0.05) is 6.07 Å². The molecule has 1 aromatic heterocycles. The first-order valence-electron chi connectivity index (χ1n) is 3.97. The van der Waals surface area contributed by atoms with E-state index in [1.807, 2.05) is 26.0 Å². The Morgan fingerprint density at radius 2 is 2.42 bits per heavy atom. The lowest BCUT2D eigenvalue weighted by atomic mass is 10.2. The van der Waals surface area contributed by atoms with Gasteiger partial charge in [0, 0.05) is 12.7 Å². The summed E-state index contributed by atoms with van der Waals surface area (Å²) in [6.07, 6.45) is 1.72. The van der Waals surface area contributed by atoms with Crippen molar-refractivity contribution >= 4 is 5.84 Å². The Morgan fingerprint density at radius 3 is 3.00 bits per heavy atom. The number of amidine groups is 1. The van der Waals surface area contributed by atoms with Gasteiger partial charge in [-0.15, -0.1) is 0 Å². The van der Waals surface area contributed by atoms with Crippen LogP contribution in [0, 0.1) is 6.92 Å². The largest absolute Gasteiger partial charge is 0.382 e. The summed E-state index contributed by atoms with van der Waals surface area (Å²) in [6.45, 7) is 4.62. The maximum Gasteiger partial charge on any atom is 0.144 e. The third kappa shape index (κ3) is 1.81. The van der Waals surface area contributed by atoms with Crippen molar-refractivity contribution in [3.8, 4) is 0 Å². The first-order chi connectivity index (χ1) is 5.75. The SMILES string of the molecule is CCN=C(N)c1ncccc1C. The molecule has 0 spiro atoms. The average molecular weight is 163 g/mol. The third-order valence-corrected chi connectivity index (χ3v) is 1.58. The lowest BCUT2D eigenvalue weighted by Gasteiger charge is -2.01. The molecule has 0 saturated carbocycles. The zero-order chi connectivity index (χ0) is 8.97. The summed E-state index contributed by atoms with van der Waals surface area (Å²) in [5, 5.41) is 0. The Bertz CT molecular complexity index is 292. The van der Waals surface area contributed by atoms with Crippen LogP contribution in [-0.2, 0) is 0 Å². The van der Waals surface area contributed by atoms with Crippen molar-refractivity contribution < 1.29 is 0 Å². The summed E-state index contributed by atoms with van der Waals surface area (Å²) in [7, 11) is 0. The highest BCUT2D eigenvalue weighted by atomic mass is 14.9. The molecule has 0 fully saturated rings. The van der Waals surface area contributed by atoms with Crippen molar-refractivity contribution in [1.82, 2.24) is 4.98 Å². The fourth-order valence-corrected chi connectivity index (χ4v) is 0.999. The third-order valence-electron chi connectivity index (χ3n) is 1.58. The molecule has 0 saturated heterocycles. The fourth-order valence-electron chi connectivity index (χ4n) is 0.999. The van der Waals surface area contributed by atoms with Crippen LogP contribution in [0.25, 0.3) is 0 Å². The molecule has 0 unspecified atom stereocenters. The van der Waals surface area contributed by atoms with Gasteiger partial charge in [-0.2, -0.15) is 0 Å². The molecule has 0 aliphatic rings. The first-order valence-corrected chi connectivity index (χ1v) is 3.97. The number of nitrogens with two attached hydrogens (primary N) is 1. The second kappa shape index (κ2) is 3.85. The molecule has 3 nitrogen and oxygen atoms in total. The summed E-state index contributed by atoms with van der Waals surface area (Å²) < 4.78 is 0. The zero-order valence-corrected chi connectivity index (χ0v) is 7.41. The Kier molecular flexibility index (Phi) is 2.80. The summed E-state index contributed by atoms with van der Waals surface area (Å²) in [5.41, 5.74) is 7.55. The minimum Gasteiger partial charge on any atom is -0.382 e. The van der Waals surface area contributed by atoms with Crippen LogP contribution in [-0.4, -0.2) is 17.4 Å². The highest BCUT2D eigenvalue weighted by Crippen LogP contribution is 2.01. The Hall–Kier alpha value is -1.38. The number of hydrogen-bond donors (Lipinski definition) is 1. The molecule has 0 aromatic carbocycles. The van der Waals surface area contributed by atoms with E-state index in [1.54, 1.807) is 6.20 Å². The predicted octanol–water partition coefficient (Wildman–Crippen LogP) is 1.12. The van der Waals surface area contributed by atoms with E-state index in [1.165, 1.54) is 0 Å². The van der Waals surface area contributed by atoms with E-state index in [9.17, 15) is 0 Å². The van der Waals surface area contributed by atoms with Crippen molar-refractivity contribution in [1.29, 1.82) is 0 Å². The summed E-state index contributed by atoms with van der Waals surface area (Å²) in [5.74, 6) is 0.524. The molecular weight excluding hydrogens is 150 g/mol. The summed E-state index contributed by atoms with van der Waals surface area (Å²) in [4.78, 5) is 8.23. The molecule has 64 valence electrons. The van der Waals surface area contributed by atoms with E-state index in [-0.39, 0.29) is 0 Å². The minimum absolute atomic E-state index is 0.524. The van der Waals surface area contributed by atoms with E-state index in [0.717, 1.165) is 11.3 Å². The number of hydrogen-bond acceptors (Lipinski definition) is 2. The Balaban J connectivity index is 3.02. The van der Waals surface area contributed by atoms with Crippen LogP contribution >= 0.6 is 0 Å². The summed E-state index contributed by atoms with van der Waals surface area (Å²) in [6, 6.07) is 3.86. The molecule has 2 N–H and O–H groups in total. The van der Waals surface area contributed by atoms with Gasteiger partial charge in [0.25, 0.3) is 0 Å². The number of aromatic nitrogens is 1. The van der Waals surface area contributed by atoms with Crippen LogP contribution in [0.15, 0.2) is 23.3 Å². The van der Waals surface area contributed by atoms with Gasteiger partial charge in [0.15, 0.2) is 0 Å². The van der Waals surface area contributed by atoms with Crippen LogP contribution in [0.1, 0.15) is 18.2 Å². The van der Waals surface area contributed by atoms with E-state index < -0.39 is 0 Å². The molecule has 1 rings (SSSR count). The highest BCUT2D eigenvalue weighted by Gasteiger charge is 2.01. The van der Waals surface area contributed by atoms with Crippen molar-refractivity contribution in [2.45, 2.75) is 13.8 Å². The number of pyridine rings is 1. The quantitative estimate of drug-likeness (QED) is 0.524. The van der Waals surface area contributed by atoms with Crippen LogP contribution < -0.4 is 5.73 Å². The minimum atomic E-state index is 0.524. The van der Waals surface area contributed by atoms with Gasteiger partial charge in [0.1, 0.15) is 11.5 Å². The van der Waals surface area contributed by atoms with Crippen molar-refractivity contribution in [3.63, 3.8) is 0 Å². The molecule has 1 aromatic rings. The van der Waals surface area contributed by atoms with Gasteiger partial charge in [-0.3, -0.25) is 9.98 Å². The van der Waals surface area contributed by atoms with Gasteiger partial charge in [-0.05, 0) is 25.5 Å². The van der Waals surface area contributed by atoms with Gasteiger partial charge in [-0.25, -0.2) is 0 Å². The zero-order valence-electron chi connectivity index (χ0n) is 7.41. The molecule has 0 amide bonds. The molecular formula is C9H13N3. The molecule has 3 heteroatoms. The first kappa shape index (κ1) is 8.71. The van der Waals surface area contributed by atoms with Crippen LogP contribution in [0.5, 0.6) is 0 Å². The number of rotatable bonds is 2. The molecule has 0 aliphatic carbocycles. The fraction of sp³-hybridized carbons (Fsp3) is 0.333. The normalized spacial score (nSPS) is 11.7. The molecule has 0 atom stereocenters. The second-order valence-electron chi connectivity index (χ2n) is 2.53.